The molecule has 4 rings (SSSR count). The van der Waals surface area contributed by atoms with Crippen molar-refractivity contribution in [3.63, 3.8) is 0 Å². The van der Waals surface area contributed by atoms with Gasteiger partial charge in [0.2, 0.25) is 5.88 Å². The molecule has 4 aromatic rings. The summed E-state index contributed by atoms with van der Waals surface area (Å²) in [6, 6.07) is 18.0. The van der Waals surface area contributed by atoms with Crippen LogP contribution in [0.4, 0.5) is 9.18 Å². The van der Waals surface area contributed by atoms with Gasteiger partial charge in [-0.15, -0.1) is 0 Å². The Bertz CT molecular complexity index is 1330. The second-order valence-corrected chi connectivity index (χ2v) is 7.45. The van der Waals surface area contributed by atoms with E-state index in [0.717, 1.165) is 16.3 Å². The zero-order valence-electron chi connectivity index (χ0n) is 18.0. The summed E-state index contributed by atoms with van der Waals surface area (Å²) in [7, 11) is 0. The van der Waals surface area contributed by atoms with E-state index in [9.17, 15) is 19.1 Å². The minimum Gasteiger partial charge on any atom is -0.465 e. The lowest BCUT2D eigenvalue weighted by atomic mass is 10.0. The number of benzene rings is 3. The van der Waals surface area contributed by atoms with Gasteiger partial charge in [-0.3, -0.25) is 4.79 Å². The predicted molar refractivity (Wildman–Crippen MR) is 122 cm³/mol. The first kappa shape index (κ1) is 22.3. The van der Waals surface area contributed by atoms with Gasteiger partial charge in [0.15, 0.2) is 0 Å². The molecule has 1 heterocycles. The second kappa shape index (κ2) is 9.70. The first-order valence-corrected chi connectivity index (χ1v) is 10.5. The minimum absolute atomic E-state index is 0.0763. The summed E-state index contributed by atoms with van der Waals surface area (Å²) in [5.74, 6) is -0.824. The molecule has 0 aliphatic rings. The summed E-state index contributed by atoms with van der Waals surface area (Å²) in [6.45, 7) is 2.28. The third kappa shape index (κ3) is 4.80. The molecule has 170 valence electrons. The zero-order valence-corrected chi connectivity index (χ0v) is 18.0. The van der Waals surface area contributed by atoms with E-state index in [4.69, 9.17) is 9.47 Å². The predicted octanol–water partition coefficient (Wildman–Crippen LogP) is 4.69. The Balaban J connectivity index is 1.80. The molecule has 0 unspecified atom stereocenters. The highest BCUT2D eigenvalue weighted by Crippen LogP contribution is 2.34. The lowest BCUT2D eigenvalue weighted by Crippen LogP contribution is -2.24. The Morgan fingerprint density at radius 2 is 1.85 bits per heavy atom. The number of esters is 1. The minimum atomic E-state index is -1.48. The summed E-state index contributed by atoms with van der Waals surface area (Å²) >= 11 is 0. The number of nitrogens with zero attached hydrogens (tertiary/aromatic N) is 1. The number of carbonyl (C=O) groups is 2. The Hall–Kier alpha value is -3.91. The van der Waals surface area contributed by atoms with E-state index in [2.05, 4.69) is 5.32 Å². The molecule has 0 atom stereocenters. The molecule has 1 aromatic heterocycles. The number of nitrogens with one attached hydrogen (secondary N) is 1. The molecule has 0 aliphatic carbocycles. The Kier molecular flexibility index (Phi) is 6.55. The standard InChI is InChI=1S/C25H23FN2O5/c1-2-32-23(29)14-27-13-21-20-12-18(26)10-11-22(20)28(24(21)33-25(30)31)15-17-8-5-7-16-6-3-4-9-19(16)17/h3-12,27H,2,13-15H2,1H3,(H,30,31). The molecule has 0 spiro atoms. The van der Waals surface area contributed by atoms with Crippen LogP contribution in [0.25, 0.3) is 21.7 Å². The van der Waals surface area contributed by atoms with E-state index < -0.39 is 17.9 Å². The SMILES string of the molecule is CCOC(=O)CNCc1c(OC(=O)O)n(Cc2cccc3ccccc23)c2ccc(F)cc12. The molecule has 3 aromatic carbocycles. The maximum atomic E-state index is 14.1. The van der Waals surface area contributed by atoms with Gasteiger partial charge < -0.3 is 24.5 Å². The molecular weight excluding hydrogens is 427 g/mol. The van der Waals surface area contributed by atoms with Gasteiger partial charge in [0.1, 0.15) is 5.82 Å². The van der Waals surface area contributed by atoms with Crippen LogP contribution in [0.1, 0.15) is 18.1 Å². The summed E-state index contributed by atoms with van der Waals surface area (Å²) in [5.41, 5.74) is 2.01. The van der Waals surface area contributed by atoms with Crippen molar-refractivity contribution in [3.05, 3.63) is 77.6 Å². The molecule has 33 heavy (non-hydrogen) atoms. The van der Waals surface area contributed by atoms with Gasteiger partial charge in [-0.2, -0.15) is 0 Å². The second-order valence-electron chi connectivity index (χ2n) is 7.45. The van der Waals surface area contributed by atoms with Crippen molar-refractivity contribution in [3.8, 4) is 5.88 Å². The van der Waals surface area contributed by atoms with Crippen LogP contribution in [0.2, 0.25) is 0 Å². The largest absolute Gasteiger partial charge is 0.512 e. The van der Waals surface area contributed by atoms with Crippen LogP contribution in [-0.4, -0.2) is 34.9 Å². The maximum Gasteiger partial charge on any atom is 0.512 e. The molecule has 8 heteroatoms. The zero-order chi connectivity index (χ0) is 23.4. The summed E-state index contributed by atoms with van der Waals surface area (Å²) in [4.78, 5) is 23.3. The summed E-state index contributed by atoms with van der Waals surface area (Å²) < 4.78 is 26.0. The number of hydrogen-bond donors (Lipinski definition) is 2. The van der Waals surface area contributed by atoms with E-state index in [1.54, 1.807) is 17.6 Å². The third-order valence-corrected chi connectivity index (χ3v) is 5.35. The van der Waals surface area contributed by atoms with Gasteiger partial charge in [0.25, 0.3) is 0 Å². The van der Waals surface area contributed by atoms with Crippen LogP contribution in [0.3, 0.4) is 0 Å². The van der Waals surface area contributed by atoms with Crippen LogP contribution in [-0.2, 0) is 22.6 Å². The molecule has 0 radical (unpaired) electrons. The highest BCUT2D eigenvalue weighted by atomic mass is 19.1. The van der Waals surface area contributed by atoms with Crippen molar-refractivity contribution in [1.82, 2.24) is 9.88 Å². The van der Waals surface area contributed by atoms with Gasteiger partial charge in [-0.1, -0.05) is 42.5 Å². The Morgan fingerprint density at radius 3 is 2.64 bits per heavy atom. The first-order valence-electron chi connectivity index (χ1n) is 10.5. The molecular formula is C25H23FN2O5. The topological polar surface area (TPSA) is 89.8 Å². The summed E-state index contributed by atoms with van der Waals surface area (Å²) in [6.07, 6.45) is -1.48. The number of fused-ring (bicyclic) bond motifs is 2. The lowest BCUT2D eigenvalue weighted by Gasteiger charge is -2.13. The van der Waals surface area contributed by atoms with Crippen LogP contribution in [0.15, 0.2) is 60.7 Å². The molecule has 0 aliphatic heterocycles. The number of halogens is 1. The molecule has 0 amide bonds. The number of aromatic nitrogens is 1. The van der Waals surface area contributed by atoms with Crippen molar-refractivity contribution in [2.45, 2.75) is 20.0 Å². The fourth-order valence-corrected chi connectivity index (χ4v) is 4.00. The normalized spacial score (nSPS) is 11.1. The van der Waals surface area contributed by atoms with Crippen molar-refractivity contribution < 1.29 is 28.6 Å². The van der Waals surface area contributed by atoms with Gasteiger partial charge in [0, 0.05) is 17.5 Å². The van der Waals surface area contributed by atoms with Gasteiger partial charge in [0.05, 0.1) is 25.2 Å². The average Bonchev–Trinajstić information content (AvgIpc) is 3.05. The highest BCUT2D eigenvalue weighted by Gasteiger charge is 2.22. The van der Waals surface area contributed by atoms with Crippen LogP contribution < -0.4 is 10.1 Å². The van der Waals surface area contributed by atoms with Gasteiger partial charge >= 0.3 is 12.1 Å². The smallest absolute Gasteiger partial charge is 0.465 e. The highest BCUT2D eigenvalue weighted by molar-refractivity contribution is 5.89. The van der Waals surface area contributed by atoms with E-state index in [-0.39, 0.29) is 25.6 Å². The molecule has 0 fully saturated rings. The van der Waals surface area contributed by atoms with Crippen LogP contribution in [0, 0.1) is 5.82 Å². The van der Waals surface area contributed by atoms with Crippen molar-refractivity contribution in [2.24, 2.45) is 0 Å². The molecule has 0 saturated heterocycles. The molecule has 0 bridgehead atoms. The Morgan fingerprint density at radius 1 is 1.06 bits per heavy atom. The van der Waals surface area contributed by atoms with E-state index >= 15 is 0 Å². The molecule has 7 nitrogen and oxygen atoms in total. The fourth-order valence-electron chi connectivity index (χ4n) is 4.00. The third-order valence-electron chi connectivity index (χ3n) is 5.35. The van der Waals surface area contributed by atoms with E-state index in [1.165, 1.54) is 12.1 Å². The Labute approximate surface area is 189 Å². The number of carbonyl (C=O) groups excluding carboxylic acids is 1. The van der Waals surface area contributed by atoms with Crippen LogP contribution in [0.5, 0.6) is 5.88 Å². The first-order chi connectivity index (χ1) is 16.0. The summed E-state index contributed by atoms with van der Waals surface area (Å²) in [5, 5.41) is 14.9. The maximum absolute atomic E-state index is 14.1. The molecule has 0 saturated carbocycles. The average molecular weight is 450 g/mol. The van der Waals surface area contributed by atoms with Crippen molar-refractivity contribution in [1.29, 1.82) is 0 Å². The quantitative estimate of drug-likeness (QED) is 0.379. The number of rotatable bonds is 8. The van der Waals surface area contributed by atoms with Gasteiger partial charge in [-0.05, 0) is 41.5 Å². The number of hydrogen-bond acceptors (Lipinski definition) is 5. The number of ether oxygens (including phenoxy) is 2. The molecule has 2 N–H and O–H groups in total. The van der Waals surface area contributed by atoms with E-state index in [0.29, 0.717) is 23.0 Å². The van der Waals surface area contributed by atoms with E-state index in [1.807, 2.05) is 42.5 Å². The van der Waals surface area contributed by atoms with Crippen molar-refractivity contribution in [2.75, 3.05) is 13.2 Å². The van der Waals surface area contributed by atoms with Crippen molar-refractivity contribution >= 4 is 33.8 Å². The fraction of sp³-hybridized carbons (Fsp3) is 0.200. The number of carboxylic acid groups (broad SMARTS) is 1. The van der Waals surface area contributed by atoms with Crippen LogP contribution >= 0.6 is 0 Å². The monoisotopic (exact) mass is 450 g/mol. The lowest BCUT2D eigenvalue weighted by molar-refractivity contribution is -0.142. The van der Waals surface area contributed by atoms with Gasteiger partial charge in [-0.25, -0.2) is 9.18 Å².